The molecule has 0 aliphatic carbocycles. The third-order valence-electron chi connectivity index (χ3n) is 1.56. The van der Waals surface area contributed by atoms with Gasteiger partial charge in [0.15, 0.2) is 6.10 Å². The average molecular weight is 168 g/mol. The van der Waals surface area contributed by atoms with Crippen molar-refractivity contribution in [2.45, 2.75) is 12.5 Å². The van der Waals surface area contributed by atoms with Crippen LogP contribution in [0.5, 0.6) is 0 Å². The quantitative estimate of drug-likeness (QED) is 0.652. The van der Waals surface area contributed by atoms with Gasteiger partial charge in [0, 0.05) is 6.42 Å². The van der Waals surface area contributed by atoms with Crippen molar-refractivity contribution in [1.82, 2.24) is 0 Å². The van der Waals surface area contributed by atoms with Crippen LogP contribution < -0.4 is 0 Å². The maximum Gasteiger partial charge on any atom is 0.332 e. The van der Waals surface area contributed by atoms with Gasteiger partial charge >= 0.3 is 5.97 Å². The van der Waals surface area contributed by atoms with Crippen LogP contribution in [0.1, 0.15) is 5.56 Å². The Hall–Kier alpha value is -1.35. The number of rotatable bonds is 3. The van der Waals surface area contributed by atoms with E-state index in [0.717, 1.165) is 5.56 Å². The summed E-state index contributed by atoms with van der Waals surface area (Å²) in [4.78, 5) is 10.3. The van der Waals surface area contributed by atoms with Crippen LogP contribution in [-0.4, -0.2) is 22.3 Å². The van der Waals surface area contributed by atoms with Gasteiger partial charge in [0.05, 0.1) is 0 Å². The number of hydrogen-bond acceptors (Lipinski definition) is 2. The molecule has 0 spiro atoms. The third kappa shape index (κ3) is 2.36. The van der Waals surface area contributed by atoms with E-state index >= 15 is 0 Å². The van der Waals surface area contributed by atoms with E-state index in [4.69, 9.17) is 10.2 Å². The summed E-state index contributed by atoms with van der Waals surface area (Å²) in [5.41, 5.74) is 0.826. The van der Waals surface area contributed by atoms with Gasteiger partial charge in [-0.25, -0.2) is 4.79 Å². The normalized spacial score (nSPS) is 12.4. The maximum atomic E-state index is 10.3. The summed E-state index contributed by atoms with van der Waals surface area (Å²) in [6, 6.07) is 9.03. The Balaban J connectivity index is 2.58. The lowest BCUT2D eigenvalue weighted by molar-refractivity contribution is -0.146. The fourth-order valence-corrected chi connectivity index (χ4v) is 0.925. The van der Waals surface area contributed by atoms with Crippen LogP contribution >= 0.6 is 0 Å². The summed E-state index contributed by atoms with van der Waals surface area (Å²) in [6.07, 6.45) is -1.14. The molecule has 1 rings (SSSR count). The summed E-state index contributed by atoms with van der Waals surface area (Å²) < 4.78 is 0. The van der Waals surface area contributed by atoms with E-state index in [0.29, 0.717) is 0 Å². The molecule has 0 unspecified atom stereocenters. The largest absolute Gasteiger partial charge is 0.479 e. The first kappa shape index (κ1) is 8.74. The molecule has 12 heavy (non-hydrogen) atoms. The fraction of sp³-hybridized carbons (Fsp3) is 0.222. The van der Waals surface area contributed by atoms with Crippen LogP contribution in [0.3, 0.4) is 0 Å². The predicted octanol–water partition coefficient (Wildman–Crippen LogP) is 0.675. The van der Waals surface area contributed by atoms with Crippen molar-refractivity contribution in [2.24, 2.45) is 0 Å². The van der Waals surface area contributed by atoms with Crippen molar-refractivity contribution >= 4 is 5.97 Å². The van der Waals surface area contributed by atoms with Crippen LogP contribution in [0, 0.1) is 0 Å². The van der Waals surface area contributed by atoms with E-state index in [1.165, 1.54) is 0 Å². The van der Waals surface area contributed by atoms with E-state index in [-0.39, 0.29) is 6.42 Å². The topological polar surface area (TPSA) is 57.5 Å². The number of carboxylic acid groups (broad SMARTS) is 1. The van der Waals surface area contributed by atoms with Gasteiger partial charge in [0.2, 0.25) is 0 Å². The van der Waals surface area contributed by atoms with Crippen molar-refractivity contribution < 1.29 is 15.0 Å². The van der Waals surface area contributed by atoms with Crippen molar-refractivity contribution in [3.63, 3.8) is 0 Å². The second kappa shape index (κ2) is 3.88. The number of hydrogen-bond donors (Lipinski definition) is 2. The molecule has 0 saturated carbocycles. The monoisotopic (exact) mass is 168 g/mol. The number of aliphatic hydroxyl groups excluding tert-OH is 1. The van der Waals surface area contributed by atoms with Crippen LogP contribution in [-0.2, 0) is 11.2 Å². The average Bonchev–Trinajstić information content (AvgIpc) is 2.06. The van der Waals surface area contributed by atoms with Crippen LogP contribution in [0.4, 0.5) is 0 Å². The first-order chi connectivity index (χ1) is 5.70. The molecule has 0 bridgehead atoms. The Morgan fingerprint density at radius 2 is 1.92 bits per heavy atom. The maximum absolute atomic E-state index is 10.3. The number of carbonyl (C=O) groups is 1. The minimum atomic E-state index is -1.30. The molecule has 0 aromatic heterocycles. The molecule has 2 N–H and O–H groups in total. The molecule has 0 heterocycles. The molecule has 1 aromatic rings. The van der Waals surface area contributed by atoms with E-state index in [1.54, 1.807) is 12.1 Å². The summed E-state index contributed by atoms with van der Waals surface area (Å²) in [5, 5.41) is 17.4. The van der Waals surface area contributed by atoms with Gasteiger partial charge < -0.3 is 10.2 Å². The zero-order valence-corrected chi connectivity index (χ0v) is 6.47. The molecule has 1 aromatic carbocycles. The van der Waals surface area contributed by atoms with Crippen molar-refractivity contribution in [3.8, 4) is 0 Å². The highest BCUT2D eigenvalue weighted by atomic mass is 16.5. The second-order valence-electron chi connectivity index (χ2n) is 2.54. The zero-order valence-electron chi connectivity index (χ0n) is 6.47. The lowest BCUT2D eigenvalue weighted by Gasteiger charge is -2.03. The van der Waals surface area contributed by atoms with E-state index < -0.39 is 12.1 Å². The Bertz CT molecular complexity index is 256. The van der Waals surface area contributed by atoms with E-state index in [9.17, 15) is 4.79 Å². The van der Waals surface area contributed by atoms with Gasteiger partial charge in [-0.05, 0) is 5.56 Å². The number of aliphatic hydroxyl groups is 1. The molecule has 3 heteroatoms. The lowest BCUT2D eigenvalue weighted by atomic mass is 10.3. The number of benzene rings is 1. The van der Waals surface area contributed by atoms with Gasteiger partial charge in [-0.3, -0.25) is 0 Å². The van der Waals surface area contributed by atoms with E-state index in [1.807, 2.05) is 18.2 Å². The minimum Gasteiger partial charge on any atom is -0.479 e. The molecular weight excluding hydrogens is 158 g/mol. The van der Waals surface area contributed by atoms with Crippen LogP contribution in [0.15, 0.2) is 30.3 Å². The SMILES string of the molecule is O=[13C](O)[C@H](O)[13CH2]c1ccccc1. The Labute approximate surface area is 70.3 Å². The Morgan fingerprint density at radius 1 is 1.33 bits per heavy atom. The molecule has 64 valence electrons. The highest BCUT2D eigenvalue weighted by Crippen LogP contribution is 2.02. The van der Waals surface area contributed by atoms with Gasteiger partial charge in [-0.15, -0.1) is 0 Å². The molecule has 0 aliphatic rings. The molecule has 3 nitrogen and oxygen atoms in total. The zero-order chi connectivity index (χ0) is 8.97. The standard InChI is InChI=1S/C9H10O3/c10-8(9(11)12)6-7-4-2-1-3-5-7/h1-5,8,10H,6H2,(H,11,12)/t8-/m1/s1/i6+1,9+1. The van der Waals surface area contributed by atoms with Crippen molar-refractivity contribution in [1.29, 1.82) is 0 Å². The Morgan fingerprint density at radius 3 is 2.42 bits per heavy atom. The van der Waals surface area contributed by atoms with Gasteiger partial charge in [-0.2, -0.15) is 0 Å². The molecule has 0 aliphatic heterocycles. The lowest BCUT2D eigenvalue weighted by Crippen LogP contribution is -2.21. The highest BCUT2D eigenvalue weighted by Gasteiger charge is 2.12. The fourth-order valence-electron chi connectivity index (χ4n) is 0.925. The molecule has 0 radical (unpaired) electrons. The predicted molar refractivity (Wildman–Crippen MR) is 43.8 cm³/mol. The van der Waals surface area contributed by atoms with Crippen molar-refractivity contribution in [3.05, 3.63) is 35.9 Å². The third-order valence-corrected chi connectivity index (χ3v) is 1.56. The van der Waals surface area contributed by atoms with Gasteiger partial charge in [0.25, 0.3) is 0 Å². The van der Waals surface area contributed by atoms with Gasteiger partial charge in [0.1, 0.15) is 0 Å². The molecule has 0 saturated heterocycles. The number of carboxylic acids is 1. The van der Waals surface area contributed by atoms with E-state index in [2.05, 4.69) is 0 Å². The summed E-state index contributed by atoms with van der Waals surface area (Å²) in [7, 11) is 0. The molecular formula is C9H10O3. The Kier molecular flexibility index (Phi) is 2.82. The highest BCUT2D eigenvalue weighted by molar-refractivity contribution is 5.72. The summed E-state index contributed by atoms with van der Waals surface area (Å²) >= 11 is 0. The summed E-state index contributed by atoms with van der Waals surface area (Å²) in [6.45, 7) is 0. The first-order valence-electron chi connectivity index (χ1n) is 3.65. The summed E-state index contributed by atoms with van der Waals surface area (Å²) in [5.74, 6) is -1.18. The van der Waals surface area contributed by atoms with Crippen LogP contribution in [0.2, 0.25) is 0 Å². The molecule has 0 amide bonds. The minimum absolute atomic E-state index is 0.163. The molecule has 0 fully saturated rings. The number of aliphatic carboxylic acids is 1. The first-order valence-corrected chi connectivity index (χ1v) is 3.65. The van der Waals surface area contributed by atoms with Gasteiger partial charge in [-0.1, -0.05) is 30.3 Å². The second-order valence-corrected chi connectivity index (χ2v) is 2.54. The smallest absolute Gasteiger partial charge is 0.332 e. The van der Waals surface area contributed by atoms with Crippen LogP contribution in [0.25, 0.3) is 0 Å². The van der Waals surface area contributed by atoms with Crippen molar-refractivity contribution in [2.75, 3.05) is 0 Å². The molecule has 1 atom stereocenters.